The van der Waals surface area contributed by atoms with Crippen LogP contribution in [0, 0.1) is 0 Å². The van der Waals surface area contributed by atoms with Crippen LogP contribution in [0.3, 0.4) is 0 Å². The highest BCUT2D eigenvalue weighted by molar-refractivity contribution is 5.71. The molecule has 1 aromatic carbocycles. The highest BCUT2D eigenvalue weighted by atomic mass is 16.5. The van der Waals surface area contributed by atoms with Gasteiger partial charge in [0.1, 0.15) is 0 Å². The third kappa shape index (κ3) is 2.42. The Labute approximate surface area is 101 Å². The monoisotopic (exact) mass is 234 g/mol. The molecule has 4 nitrogen and oxygen atoms in total. The van der Waals surface area contributed by atoms with Crippen molar-refractivity contribution in [3.8, 4) is 0 Å². The third-order valence-corrected chi connectivity index (χ3v) is 3.27. The minimum Gasteiger partial charge on any atom is -0.469 e. The second kappa shape index (κ2) is 5.19. The first-order valence-electron chi connectivity index (χ1n) is 5.87. The van der Waals surface area contributed by atoms with E-state index in [1.165, 1.54) is 18.4 Å². The Balaban J connectivity index is 2.14. The summed E-state index contributed by atoms with van der Waals surface area (Å²) in [5.41, 5.74) is 8.29. The molecular weight excluding hydrogens is 216 g/mol. The smallest absolute Gasteiger partial charge is 0.307 e. The maximum atomic E-state index is 11.3. The van der Waals surface area contributed by atoms with E-state index in [-0.39, 0.29) is 12.0 Å². The largest absolute Gasteiger partial charge is 0.469 e. The molecule has 0 fully saturated rings. The number of benzene rings is 1. The number of para-hydroxylation sites is 1. The van der Waals surface area contributed by atoms with Gasteiger partial charge in [0, 0.05) is 18.8 Å². The Kier molecular flexibility index (Phi) is 3.64. The molecule has 1 heterocycles. The van der Waals surface area contributed by atoms with Gasteiger partial charge in [-0.05, 0) is 18.1 Å². The van der Waals surface area contributed by atoms with Crippen LogP contribution in [-0.2, 0) is 16.0 Å². The van der Waals surface area contributed by atoms with E-state index in [1.54, 1.807) is 0 Å². The van der Waals surface area contributed by atoms with Gasteiger partial charge in [0.15, 0.2) is 0 Å². The second-order valence-electron chi connectivity index (χ2n) is 4.24. The summed E-state index contributed by atoms with van der Waals surface area (Å²) in [6.07, 6.45) is 1.37. The summed E-state index contributed by atoms with van der Waals surface area (Å²) in [6.45, 7) is 1.39. The van der Waals surface area contributed by atoms with E-state index in [0.717, 1.165) is 13.0 Å². The Morgan fingerprint density at radius 2 is 2.29 bits per heavy atom. The van der Waals surface area contributed by atoms with Crippen molar-refractivity contribution in [1.82, 2.24) is 0 Å². The van der Waals surface area contributed by atoms with Gasteiger partial charge >= 0.3 is 5.97 Å². The molecule has 0 radical (unpaired) electrons. The number of hydrogen-bond acceptors (Lipinski definition) is 4. The number of hydrogen-bond donors (Lipinski definition) is 1. The first-order chi connectivity index (χ1) is 8.26. The Morgan fingerprint density at radius 1 is 1.53 bits per heavy atom. The van der Waals surface area contributed by atoms with Gasteiger partial charge in [0.05, 0.1) is 19.6 Å². The van der Waals surface area contributed by atoms with Gasteiger partial charge in [-0.25, -0.2) is 0 Å². The van der Waals surface area contributed by atoms with Crippen LogP contribution >= 0.6 is 0 Å². The van der Waals surface area contributed by atoms with Gasteiger partial charge in [-0.1, -0.05) is 18.2 Å². The van der Waals surface area contributed by atoms with Crippen LogP contribution in [0.2, 0.25) is 0 Å². The average molecular weight is 234 g/mol. The van der Waals surface area contributed by atoms with Crippen molar-refractivity contribution in [2.45, 2.75) is 18.9 Å². The summed E-state index contributed by atoms with van der Waals surface area (Å²) in [6, 6.07) is 8.30. The van der Waals surface area contributed by atoms with Gasteiger partial charge in [0.25, 0.3) is 0 Å². The minimum absolute atomic E-state index is 0.0334. The number of anilines is 1. The molecule has 1 aliphatic rings. The zero-order valence-corrected chi connectivity index (χ0v) is 10.1. The minimum atomic E-state index is -0.204. The molecule has 0 saturated carbocycles. The average Bonchev–Trinajstić information content (AvgIpc) is 2.79. The highest BCUT2D eigenvalue weighted by Gasteiger charge is 2.26. The highest BCUT2D eigenvalue weighted by Crippen LogP contribution is 2.29. The van der Waals surface area contributed by atoms with E-state index in [2.05, 4.69) is 17.0 Å². The molecule has 17 heavy (non-hydrogen) atoms. The zero-order chi connectivity index (χ0) is 12.3. The molecule has 1 atom stereocenters. The van der Waals surface area contributed by atoms with Gasteiger partial charge in [-0.3, -0.25) is 4.79 Å². The van der Waals surface area contributed by atoms with Crippen LogP contribution in [0.5, 0.6) is 0 Å². The number of fused-ring (bicyclic) bond motifs is 1. The molecule has 0 bridgehead atoms. The zero-order valence-electron chi connectivity index (χ0n) is 10.1. The first kappa shape index (κ1) is 11.9. The van der Waals surface area contributed by atoms with E-state index < -0.39 is 0 Å². The summed E-state index contributed by atoms with van der Waals surface area (Å²) in [7, 11) is 1.41. The second-order valence-corrected chi connectivity index (χ2v) is 4.24. The van der Waals surface area contributed by atoms with Crippen LogP contribution in [-0.4, -0.2) is 32.2 Å². The molecular formula is C13H18N2O2. The fraction of sp³-hybridized carbons (Fsp3) is 0.462. The number of nitrogens with two attached hydrogens (primary N) is 1. The maximum Gasteiger partial charge on any atom is 0.307 e. The summed E-state index contributed by atoms with van der Waals surface area (Å²) in [4.78, 5) is 13.6. The van der Waals surface area contributed by atoms with Gasteiger partial charge < -0.3 is 15.4 Å². The fourth-order valence-corrected chi connectivity index (χ4v) is 2.34. The lowest BCUT2D eigenvalue weighted by atomic mass is 10.1. The van der Waals surface area contributed by atoms with E-state index in [4.69, 9.17) is 10.5 Å². The summed E-state index contributed by atoms with van der Waals surface area (Å²) >= 11 is 0. The lowest BCUT2D eigenvalue weighted by Gasteiger charge is -2.28. The van der Waals surface area contributed by atoms with Crippen molar-refractivity contribution in [3.05, 3.63) is 29.8 Å². The number of nitrogens with zero attached hydrogens (tertiary/aromatic N) is 1. The van der Waals surface area contributed by atoms with Crippen LogP contribution in [0.25, 0.3) is 0 Å². The van der Waals surface area contributed by atoms with Gasteiger partial charge in [-0.15, -0.1) is 0 Å². The lowest BCUT2D eigenvalue weighted by molar-refractivity contribution is -0.140. The predicted molar refractivity (Wildman–Crippen MR) is 67.0 cm³/mol. The van der Waals surface area contributed by atoms with Crippen molar-refractivity contribution >= 4 is 11.7 Å². The van der Waals surface area contributed by atoms with Crippen LogP contribution in [0.1, 0.15) is 12.0 Å². The van der Waals surface area contributed by atoms with Crippen LogP contribution in [0.4, 0.5) is 5.69 Å². The molecule has 1 aliphatic heterocycles. The summed E-state index contributed by atoms with van der Waals surface area (Å²) in [5, 5.41) is 0. The van der Waals surface area contributed by atoms with Crippen LogP contribution < -0.4 is 10.6 Å². The van der Waals surface area contributed by atoms with E-state index >= 15 is 0 Å². The Morgan fingerprint density at radius 3 is 3.00 bits per heavy atom. The van der Waals surface area contributed by atoms with E-state index in [0.29, 0.717) is 13.0 Å². The normalized spacial score (nSPS) is 15.5. The number of ether oxygens (including phenoxy) is 1. The Bertz CT molecular complexity index is 406. The van der Waals surface area contributed by atoms with Crippen molar-refractivity contribution < 1.29 is 9.53 Å². The molecule has 2 N–H and O–H groups in total. The molecule has 0 aromatic heterocycles. The van der Waals surface area contributed by atoms with Crippen molar-refractivity contribution in [2.24, 2.45) is 5.73 Å². The quantitative estimate of drug-likeness (QED) is 0.788. The lowest BCUT2D eigenvalue weighted by Crippen LogP contribution is -2.41. The standard InChI is InChI=1S/C13H18N2O2/c1-17-13(16)8-11(9-14)15-7-6-10-4-2-3-5-12(10)15/h2-5,11H,6-9,14H2,1H3. The summed E-state index contributed by atoms with van der Waals surface area (Å²) in [5.74, 6) is -0.204. The molecule has 0 amide bonds. The Hall–Kier alpha value is -1.55. The number of carbonyl (C=O) groups excluding carboxylic acids is 1. The predicted octanol–water partition coefficient (Wildman–Crippen LogP) is 0.940. The molecule has 0 saturated heterocycles. The molecule has 1 aromatic rings. The molecule has 0 spiro atoms. The van der Waals surface area contributed by atoms with Gasteiger partial charge in [0.2, 0.25) is 0 Å². The fourth-order valence-electron chi connectivity index (χ4n) is 2.34. The molecule has 2 rings (SSSR count). The van der Waals surface area contributed by atoms with Crippen molar-refractivity contribution in [2.75, 3.05) is 25.1 Å². The van der Waals surface area contributed by atoms with E-state index in [9.17, 15) is 4.79 Å². The molecule has 0 aliphatic carbocycles. The molecule has 92 valence electrons. The first-order valence-corrected chi connectivity index (χ1v) is 5.87. The number of esters is 1. The maximum absolute atomic E-state index is 11.3. The topological polar surface area (TPSA) is 55.6 Å². The number of rotatable bonds is 4. The van der Waals surface area contributed by atoms with Crippen molar-refractivity contribution in [3.63, 3.8) is 0 Å². The molecule has 4 heteroatoms. The van der Waals surface area contributed by atoms with Crippen molar-refractivity contribution in [1.29, 1.82) is 0 Å². The van der Waals surface area contributed by atoms with E-state index in [1.807, 2.05) is 12.1 Å². The summed E-state index contributed by atoms with van der Waals surface area (Å²) < 4.78 is 4.71. The van der Waals surface area contributed by atoms with Crippen LogP contribution in [0.15, 0.2) is 24.3 Å². The van der Waals surface area contributed by atoms with Gasteiger partial charge in [-0.2, -0.15) is 0 Å². The molecule has 1 unspecified atom stereocenters. The SMILES string of the molecule is COC(=O)CC(CN)N1CCc2ccccc21. The number of methoxy groups -OCH3 is 1. The number of carbonyl (C=O) groups is 1. The third-order valence-electron chi connectivity index (χ3n) is 3.27.